The molecule has 0 aliphatic carbocycles. The molecule has 2 rings (SSSR count). The van der Waals surface area contributed by atoms with Gasteiger partial charge in [0, 0.05) is 26.6 Å². The van der Waals surface area contributed by atoms with Gasteiger partial charge in [-0.1, -0.05) is 18.2 Å². The number of carbonyl (C=O) groups excluding carboxylic acids is 2. The van der Waals surface area contributed by atoms with Crippen molar-refractivity contribution < 1.29 is 14.3 Å². The normalized spacial score (nSPS) is 18.1. The van der Waals surface area contributed by atoms with Crippen LogP contribution in [0.4, 0.5) is 0 Å². The number of rotatable bonds is 5. The molecule has 1 aliphatic rings. The summed E-state index contributed by atoms with van der Waals surface area (Å²) < 4.78 is 5.51. The third-order valence-electron chi connectivity index (χ3n) is 3.36. The van der Waals surface area contributed by atoms with Crippen molar-refractivity contribution in [1.82, 2.24) is 15.5 Å². The number of carbonyl (C=O) groups is 2. The van der Waals surface area contributed by atoms with E-state index in [-0.39, 0.29) is 11.8 Å². The fourth-order valence-electron chi connectivity index (χ4n) is 2.29. The summed E-state index contributed by atoms with van der Waals surface area (Å²) >= 11 is 0. The van der Waals surface area contributed by atoms with Crippen LogP contribution in [0.15, 0.2) is 30.3 Å². The molecular weight excluding hydrogens is 270 g/mol. The van der Waals surface area contributed by atoms with Crippen LogP contribution in [0.25, 0.3) is 0 Å². The summed E-state index contributed by atoms with van der Waals surface area (Å²) in [6, 6.07) is 9.00. The molecule has 0 bridgehead atoms. The van der Waals surface area contributed by atoms with Crippen molar-refractivity contribution in [1.29, 1.82) is 0 Å². The SMILES string of the molecule is CC(=O)N1CCNCC1C(=O)NCCOc1ccccc1. The Bertz CT molecular complexity index is 478. The lowest BCUT2D eigenvalue weighted by Gasteiger charge is -2.34. The minimum Gasteiger partial charge on any atom is -0.492 e. The Hall–Kier alpha value is -2.08. The molecule has 1 aliphatic heterocycles. The van der Waals surface area contributed by atoms with E-state index in [0.717, 1.165) is 12.3 Å². The predicted octanol–water partition coefficient (Wildman–Crippen LogP) is 0.00190. The van der Waals surface area contributed by atoms with Crippen molar-refractivity contribution in [2.24, 2.45) is 0 Å². The van der Waals surface area contributed by atoms with Crippen LogP contribution in [0.1, 0.15) is 6.92 Å². The van der Waals surface area contributed by atoms with Crippen LogP contribution in [-0.4, -0.2) is 55.5 Å². The van der Waals surface area contributed by atoms with Gasteiger partial charge in [-0.2, -0.15) is 0 Å². The molecule has 0 spiro atoms. The number of piperazine rings is 1. The van der Waals surface area contributed by atoms with Crippen LogP contribution in [0.2, 0.25) is 0 Å². The van der Waals surface area contributed by atoms with E-state index in [1.54, 1.807) is 4.90 Å². The van der Waals surface area contributed by atoms with Crippen molar-refractivity contribution in [2.45, 2.75) is 13.0 Å². The van der Waals surface area contributed by atoms with Crippen LogP contribution in [0.5, 0.6) is 5.75 Å². The largest absolute Gasteiger partial charge is 0.492 e. The number of nitrogens with one attached hydrogen (secondary N) is 2. The first kappa shape index (κ1) is 15.3. The summed E-state index contributed by atoms with van der Waals surface area (Å²) in [6.07, 6.45) is 0. The molecule has 1 unspecified atom stereocenters. The summed E-state index contributed by atoms with van der Waals surface area (Å²) in [5, 5.41) is 5.94. The summed E-state index contributed by atoms with van der Waals surface area (Å²) in [5.74, 6) is 0.558. The molecule has 2 amide bonds. The molecule has 21 heavy (non-hydrogen) atoms. The van der Waals surface area contributed by atoms with E-state index in [9.17, 15) is 9.59 Å². The molecule has 1 heterocycles. The van der Waals surface area contributed by atoms with Crippen molar-refractivity contribution in [3.63, 3.8) is 0 Å². The molecule has 1 atom stereocenters. The molecule has 0 saturated carbocycles. The Morgan fingerprint density at radius 1 is 1.38 bits per heavy atom. The number of hydrogen-bond acceptors (Lipinski definition) is 4. The van der Waals surface area contributed by atoms with Gasteiger partial charge in [0.15, 0.2) is 0 Å². The van der Waals surface area contributed by atoms with Crippen LogP contribution in [-0.2, 0) is 9.59 Å². The number of ether oxygens (including phenoxy) is 1. The number of amides is 2. The quantitative estimate of drug-likeness (QED) is 0.749. The van der Waals surface area contributed by atoms with E-state index >= 15 is 0 Å². The highest BCUT2D eigenvalue weighted by Gasteiger charge is 2.29. The van der Waals surface area contributed by atoms with Crippen LogP contribution in [0, 0.1) is 0 Å². The van der Waals surface area contributed by atoms with Gasteiger partial charge in [-0.15, -0.1) is 0 Å². The molecule has 1 aromatic carbocycles. The topological polar surface area (TPSA) is 70.7 Å². The maximum Gasteiger partial charge on any atom is 0.244 e. The van der Waals surface area contributed by atoms with Crippen molar-refractivity contribution in [3.05, 3.63) is 30.3 Å². The highest BCUT2D eigenvalue weighted by Crippen LogP contribution is 2.07. The Kier molecular flexibility index (Phi) is 5.57. The zero-order chi connectivity index (χ0) is 15.1. The van der Waals surface area contributed by atoms with Crippen molar-refractivity contribution >= 4 is 11.8 Å². The lowest BCUT2D eigenvalue weighted by molar-refractivity contribution is -0.140. The number of hydrogen-bond donors (Lipinski definition) is 2. The second-order valence-corrected chi connectivity index (χ2v) is 4.88. The Morgan fingerprint density at radius 3 is 2.86 bits per heavy atom. The third-order valence-corrected chi connectivity index (χ3v) is 3.36. The Labute approximate surface area is 124 Å². The van der Waals surface area contributed by atoms with Gasteiger partial charge in [0.2, 0.25) is 11.8 Å². The number of nitrogens with zero attached hydrogens (tertiary/aromatic N) is 1. The van der Waals surface area contributed by atoms with E-state index in [4.69, 9.17) is 4.74 Å². The second-order valence-electron chi connectivity index (χ2n) is 4.88. The fraction of sp³-hybridized carbons (Fsp3) is 0.467. The zero-order valence-electron chi connectivity index (χ0n) is 12.2. The first-order chi connectivity index (χ1) is 10.2. The lowest BCUT2D eigenvalue weighted by atomic mass is 10.1. The molecule has 6 heteroatoms. The molecular formula is C15H21N3O3. The maximum absolute atomic E-state index is 12.1. The zero-order valence-corrected chi connectivity index (χ0v) is 12.2. The van der Waals surface area contributed by atoms with E-state index in [0.29, 0.717) is 26.2 Å². The molecule has 114 valence electrons. The average molecular weight is 291 g/mol. The summed E-state index contributed by atoms with van der Waals surface area (Å²) in [5.41, 5.74) is 0. The fourth-order valence-corrected chi connectivity index (χ4v) is 2.29. The molecule has 0 radical (unpaired) electrons. The smallest absolute Gasteiger partial charge is 0.244 e. The van der Waals surface area contributed by atoms with Gasteiger partial charge in [0.05, 0.1) is 6.54 Å². The first-order valence-corrected chi connectivity index (χ1v) is 7.12. The second kappa shape index (κ2) is 7.64. The van der Waals surface area contributed by atoms with Crippen LogP contribution in [0.3, 0.4) is 0 Å². The van der Waals surface area contributed by atoms with E-state index in [1.807, 2.05) is 30.3 Å². The minimum atomic E-state index is -0.437. The van der Waals surface area contributed by atoms with Gasteiger partial charge in [0.25, 0.3) is 0 Å². The maximum atomic E-state index is 12.1. The molecule has 1 aromatic rings. The highest BCUT2D eigenvalue weighted by atomic mass is 16.5. The Balaban J connectivity index is 1.74. The van der Waals surface area contributed by atoms with Gasteiger partial charge in [-0.25, -0.2) is 0 Å². The number of para-hydroxylation sites is 1. The Morgan fingerprint density at radius 2 is 2.14 bits per heavy atom. The standard InChI is InChI=1S/C15H21N3O3/c1-12(19)18-9-7-16-11-14(18)15(20)17-8-10-21-13-5-3-2-4-6-13/h2-6,14,16H,7-11H2,1H3,(H,17,20). The number of benzene rings is 1. The lowest BCUT2D eigenvalue weighted by Crippen LogP contribution is -2.59. The van der Waals surface area contributed by atoms with Crippen molar-refractivity contribution in [3.8, 4) is 5.75 Å². The predicted molar refractivity (Wildman–Crippen MR) is 79.0 cm³/mol. The average Bonchev–Trinajstić information content (AvgIpc) is 2.52. The molecule has 1 fully saturated rings. The highest BCUT2D eigenvalue weighted by molar-refractivity contribution is 5.87. The van der Waals surface area contributed by atoms with Gasteiger partial charge >= 0.3 is 0 Å². The van der Waals surface area contributed by atoms with Gasteiger partial charge in [0.1, 0.15) is 18.4 Å². The molecule has 1 saturated heterocycles. The van der Waals surface area contributed by atoms with Crippen molar-refractivity contribution in [2.75, 3.05) is 32.8 Å². The van der Waals surface area contributed by atoms with Gasteiger partial charge in [-0.05, 0) is 12.1 Å². The third kappa shape index (κ3) is 4.46. The summed E-state index contributed by atoms with van der Waals surface area (Å²) in [7, 11) is 0. The van der Waals surface area contributed by atoms with E-state index in [1.165, 1.54) is 6.92 Å². The van der Waals surface area contributed by atoms with Crippen LogP contribution >= 0.6 is 0 Å². The van der Waals surface area contributed by atoms with Gasteiger partial charge < -0.3 is 20.3 Å². The molecule has 2 N–H and O–H groups in total. The summed E-state index contributed by atoms with van der Waals surface area (Å²) in [4.78, 5) is 25.2. The van der Waals surface area contributed by atoms with Gasteiger partial charge in [-0.3, -0.25) is 9.59 Å². The van der Waals surface area contributed by atoms with E-state index in [2.05, 4.69) is 10.6 Å². The monoisotopic (exact) mass is 291 g/mol. The molecule has 0 aromatic heterocycles. The first-order valence-electron chi connectivity index (χ1n) is 7.12. The van der Waals surface area contributed by atoms with E-state index < -0.39 is 6.04 Å². The summed E-state index contributed by atoms with van der Waals surface area (Å²) in [6.45, 7) is 4.08. The minimum absolute atomic E-state index is 0.0721. The molecule has 6 nitrogen and oxygen atoms in total. The van der Waals surface area contributed by atoms with Crippen LogP contribution < -0.4 is 15.4 Å².